The Bertz CT molecular complexity index is 1220. The number of benzene rings is 1. The van der Waals surface area contributed by atoms with Crippen molar-refractivity contribution >= 4 is 38.4 Å². The summed E-state index contributed by atoms with van der Waals surface area (Å²) in [6.45, 7) is 9.15. The number of pyridine rings is 1. The highest BCUT2D eigenvalue weighted by molar-refractivity contribution is 9.10. The summed E-state index contributed by atoms with van der Waals surface area (Å²) in [5, 5.41) is 7.68. The van der Waals surface area contributed by atoms with Crippen molar-refractivity contribution in [3.05, 3.63) is 51.4 Å². The van der Waals surface area contributed by atoms with E-state index in [4.69, 9.17) is 0 Å². The second kappa shape index (κ2) is 9.63. The van der Waals surface area contributed by atoms with Gasteiger partial charge in [0.15, 0.2) is 0 Å². The zero-order valence-corrected chi connectivity index (χ0v) is 20.8. The Hall–Kier alpha value is -2.50. The normalized spacial score (nSPS) is 15.7. The minimum atomic E-state index is -4.67. The molecular weight excluding hydrogens is 513 g/mol. The third-order valence-corrected chi connectivity index (χ3v) is 6.64. The molecule has 11 heteroatoms. The SMILES string of the molecule is Cc1nn(CCN2CCN(C)CC2)c(C)c1NC(=O)c1cc(C(F)(F)F)nc2ccc(Br)cc12. The van der Waals surface area contributed by atoms with E-state index >= 15 is 0 Å². The maximum atomic E-state index is 13.4. The molecule has 7 nitrogen and oxygen atoms in total. The van der Waals surface area contributed by atoms with Crippen LogP contribution in [-0.2, 0) is 12.7 Å². The van der Waals surface area contributed by atoms with Crippen molar-refractivity contribution in [1.82, 2.24) is 24.6 Å². The highest BCUT2D eigenvalue weighted by Gasteiger charge is 2.34. The van der Waals surface area contributed by atoms with E-state index < -0.39 is 17.8 Å². The lowest BCUT2D eigenvalue weighted by molar-refractivity contribution is -0.140. The number of carbonyl (C=O) groups excluding carboxylic acids is 1. The molecular formula is C23H26BrF3N6O. The Morgan fingerprint density at radius 1 is 1.12 bits per heavy atom. The van der Waals surface area contributed by atoms with Gasteiger partial charge in [-0.05, 0) is 45.2 Å². The second-order valence-corrected chi connectivity index (χ2v) is 9.50. The molecule has 0 spiro atoms. The maximum absolute atomic E-state index is 13.4. The average molecular weight is 539 g/mol. The number of nitrogens with zero attached hydrogens (tertiary/aromatic N) is 5. The van der Waals surface area contributed by atoms with Crippen LogP contribution in [0.3, 0.4) is 0 Å². The predicted octanol–water partition coefficient (Wildman–Crippen LogP) is 4.33. The van der Waals surface area contributed by atoms with Crippen LogP contribution < -0.4 is 5.32 Å². The van der Waals surface area contributed by atoms with Crippen molar-refractivity contribution in [2.24, 2.45) is 0 Å². The molecule has 0 radical (unpaired) electrons. The molecule has 1 aromatic carbocycles. The summed E-state index contributed by atoms with van der Waals surface area (Å²) in [7, 11) is 2.11. The van der Waals surface area contributed by atoms with Gasteiger partial charge in [0.25, 0.3) is 5.91 Å². The van der Waals surface area contributed by atoms with Gasteiger partial charge < -0.3 is 10.2 Å². The summed E-state index contributed by atoms with van der Waals surface area (Å²) in [6, 6.07) is 5.44. The fourth-order valence-corrected chi connectivity index (χ4v) is 4.48. The van der Waals surface area contributed by atoms with Crippen LogP contribution in [-0.4, -0.2) is 70.2 Å². The van der Waals surface area contributed by atoms with Gasteiger partial charge in [0.2, 0.25) is 0 Å². The monoisotopic (exact) mass is 538 g/mol. The van der Waals surface area contributed by atoms with E-state index in [0.29, 0.717) is 27.8 Å². The van der Waals surface area contributed by atoms with E-state index in [9.17, 15) is 18.0 Å². The first-order valence-corrected chi connectivity index (χ1v) is 11.8. The lowest BCUT2D eigenvalue weighted by Crippen LogP contribution is -2.45. The van der Waals surface area contributed by atoms with Gasteiger partial charge >= 0.3 is 6.18 Å². The third-order valence-electron chi connectivity index (χ3n) is 6.15. The first-order chi connectivity index (χ1) is 16.0. The number of aryl methyl sites for hydroxylation is 1. The standard InChI is InChI=1S/C23H26BrF3N6O/c1-14-21(15(2)33(30-14)11-10-32-8-6-31(3)7-9-32)29-22(34)18-13-20(23(25,26)27)28-19-5-4-16(24)12-17(18)19/h4-5,12-13H,6-11H2,1-3H3,(H,29,34). The molecule has 0 unspecified atom stereocenters. The highest BCUT2D eigenvalue weighted by atomic mass is 79.9. The lowest BCUT2D eigenvalue weighted by atomic mass is 10.1. The van der Waals surface area contributed by atoms with Crippen molar-refractivity contribution < 1.29 is 18.0 Å². The zero-order chi connectivity index (χ0) is 24.6. The summed E-state index contributed by atoms with van der Waals surface area (Å²) in [5.74, 6) is -0.638. The first kappa shape index (κ1) is 24.6. The molecule has 0 aliphatic carbocycles. The summed E-state index contributed by atoms with van der Waals surface area (Å²) < 4.78 is 42.8. The number of rotatable bonds is 5. The van der Waals surface area contributed by atoms with Crippen LogP contribution in [0.4, 0.5) is 18.9 Å². The number of amides is 1. The van der Waals surface area contributed by atoms with Crippen molar-refractivity contribution in [2.75, 3.05) is 45.1 Å². The van der Waals surface area contributed by atoms with Gasteiger partial charge in [-0.1, -0.05) is 15.9 Å². The molecule has 0 bridgehead atoms. The first-order valence-electron chi connectivity index (χ1n) is 11.0. The van der Waals surface area contributed by atoms with Crippen LogP contribution in [0.15, 0.2) is 28.7 Å². The number of aromatic nitrogens is 3. The van der Waals surface area contributed by atoms with E-state index in [-0.39, 0.29) is 11.1 Å². The van der Waals surface area contributed by atoms with Gasteiger partial charge in [-0.25, -0.2) is 4.98 Å². The Labute approximate surface area is 204 Å². The number of likely N-dealkylation sites (N-methyl/N-ethyl adjacent to an activating group) is 1. The largest absolute Gasteiger partial charge is 0.433 e. The molecule has 1 aliphatic heterocycles. The Balaban J connectivity index is 1.59. The lowest BCUT2D eigenvalue weighted by Gasteiger charge is -2.32. The summed E-state index contributed by atoms with van der Waals surface area (Å²) in [5.41, 5.74) is 0.776. The van der Waals surface area contributed by atoms with Gasteiger partial charge in [0.05, 0.1) is 34.7 Å². The fourth-order valence-electron chi connectivity index (χ4n) is 4.12. The van der Waals surface area contributed by atoms with Crippen LogP contribution in [0.25, 0.3) is 10.9 Å². The highest BCUT2D eigenvalue weighted by Crippen LogP contribution is 2.32. The molecule has 1 saturated heterocycles. The molecule has 3 aromatic rings. The molecule has 34 heavy (non-hydrogen) atoms. The van der Waals surface area contributed by atoms with Crippen LogP contribution in [0, 0.1) is 13.8 Å². The predicted molar refractivity (Wildman–Crippen MR) is 128 cm³/mol. The number of nitrogens with one attached hydrogen (secondary N) is 1. The molecule has 4 rings (SSSR count). The second-order valence-electron chi connectivity index (χ2n) is 8.58. The quantitative estimate of drug-likeness (QED) is 0.523. The van der Waals surface area contributed by atoms with Crippen LogP contribution in [0.1, 0.15) is 27.4 Å². The number of alkyl halides is 3. The average Bonchev–Trinajstić information content (AvgIpc) is 3.04. The molecule has 3 heterocycles. The Kier molecular flexibility index (Phi) is 6.97. The summed E-state index contributed by atoms with van der Waals surface area (Å²) in [6.07, 6.45) is -4.67. The van der Waals surface area contributed by atoms with E-state index in [1.165, 1.54) is 6.07 Å². The Morgan fingerprint density at radius 3 is 2.50 bits per heavy atom. The number of halogens is 4. The number of piperazine rings is 1. The number of fused-ring (bicyclic) bond motifs is 1. The van der Waals surface area contributed by atoms with Crippen molar-refractivity contribution in [2.45, 2.75) is 26.6 Å². The smallest absolute Gasteiger partial charge is 0.319 e. The molecule has 182 valence electrons. The van der Waals surface area contributed by atoms with Gasteiger partial charge in [0.1, 0.15) is 5.69 Å². The molecule has 0 atom stereocenters. The number of carbonyl (C=O) groups is 1. The van der Waals surface area contributed by atoms with Gasteiger partial charge in [-0.2, -0.15) is 18.3 Å². The third kappa shape index (κ3) is 5.26. The van der Waals surface area contributed by atoms with Gasteiger partial charge in [-0.15, -0.1) is 0 Å². The topological polar surface area (TPSA) is 66.3 Å². The number of hydrogen-bond acceptors (Lipinski definition) is 5. The Morgan fingerprint density at radius 2 is 1.82 bits per heavy atom. The van der Waals surface area contributed by atoms with E-state index in [1.807, 2.05) is 11.6 Å². The fraction of sp³-hybridized carbons (Fsp3) is 0.435. The molecule has 1 N–H and O–H groups in total. The maximum Gasteiger partial charge on any atom is 0.433 e. The molecule has 2 aromatic heterocycles. The number of hydrogen-bond donors (Lipinski definition) is 1. The van der Waals surface area contributed by atoms with Crippen LogP contribution >= 0.6 is 15.9 Å². The van der Waals surface area contributed by atoms with Crippen molar-refractivity contribution in [3.63, 3.8) is 0 Å². The minimum Gasteiger partial charge on any atom is -0.319 e. The minimum absolute atomic E-state index is 0.0948. The summed E-state index contributed by atoms with van der Waals surface area (Å²) in [4.78, 5) is 21.6. The summed E-state index contributed by atoms with van der Waals surface area (Å²) >= 11 is 3.32. The van der Waals surface area contributed by atoms with E-state index in [1.54, 1.807) is 19.1 Å². The van der Waals surface area contributed by atoms with Crippen molar-refractivity contribution in [3.8, 4) is 0 Å². The van der Waals surface area contributed by atoms with Gasteiger partial charge in [0, 0.05) is 42.6 Å². The zero-order valence-electron chi connectivity index (χ0n) is 19.2. The molecule has 1 amide bonds. The van der Waals surface area contributed by atoms with Gasteiger partial charge in [-0.3, -0.25) is 14.4 Å². The molecule has 0 saturated carbocycles. The van der Waals surface area contributed by atoms with Crippen LogP contribution in [0.2, 0.25) is 0 Å². The van der Waals surface area contributed by atoms with E-state index in [2.05, 4.69) is 48.2 Å². The molecule has 1 aliphatic rings. The van der Waals surface area contributed by atoms with Crippen LogP contribution in [0.5, 0.6) is 0 Å². The van der Waals surface area contributed by atoms with Crippen molar-refractivity contribution in [1.29, 1.82) is 0 Å². The molecule has 1 fully saturated rings. The number of anilines is 1. The van der Waals surface area contributed by atoms with E-state index in [0.717, 1.165) is 44.5 Å².